The molecule has 0 aliphatic heterocycles. The van der Waals surface area contributed by atoms with Gasteiger partial charge in [-0.3, -0.25) is 0 Å². The molecular weight excluding hydrogens is 298 g/mol. The van der Waals surface area contributed by atoms with E-state index in [-0.39, 0.29) is 11.9 Å². The average Bonchev–Trinajstić information content (AvgIpc) is 3.16. The number of hydrogen-bond donors (Lipinski definition) is 1. The smallest absolute Gasteiger partial charge is 0.168 e. The normalized spacial score (nSPS) is 12.5. The third-order valence-electron chi connectivity index (χ3n) is 3.43. The molecule has 7 heteroatoms. The number of aromatic nitrogens is 5. The fourth-order valence-electron chi connectivity index (χ4n) is 2.07. The highest BCUT2D eigenvalue weighted by Crippen LogP contribution is 2.33. The van der Waals surface area contributed by atoms with Crippen molar-refractivity contribution in [2.45, 2.75) is 23.9 Å². The molecule has 1 aromatic carbocycles. The van der Waals surface area contributed by atoms with Crippen LogP contribution in [0.4, 0.5) is 0 Å². The van der Waals surface area contributed by atoms with Crippen LogP contribution in [0, 0.1) is 0 Å². The molecule has 0 unspecified atom stereocenters. The van der Waals surface area contributed by atoms with Gasteiger partial charge in [-0.05, 0) is 19.1 Å². The second kappa shape index (κ2) is 6.33. The standard InChI is InChI=1S/C15H17N5OS/c1-11(22-15-16-8-13(10-21)19(15)2)14-9-20(18-17-14)12-6-4-3-5-7-12/h3-9,11,21H,10H2,1-2H3/t11-/m1/s1. The SMILES string of the molecule is C[C@@H](Sc1ncc(CO)n1C)c1cn(-c2ccccc2)nn1. The summed E-state index contributed by atoms with van der Waals surface area (Å²) in [5.41, 5.74) is 2.67. The van der Waals surface area contributed by atoms with Gasteiger partial charge in [0.05, 0.1) is 41.3 Å². The molecule has 0 amide bonds. The van der Waals surface area contributed by atoms with Crippen molar-refractivity contribution in [2.24, 2.45) is 7.05 Å². The number of imidazole rings is 1. The van der Waals surface area contributed by atoms with Crippen LogP contribution in [0.2, 0.25) is 0 Å². The molecule has 2 aromatic heterocycles. The zero-order valence-electron chi connectivity index (χ0n) is 12.4. The summed E-state index contributed by atoms with van der Waals surface area (Å²) in [6.07, 6.45) is 3.62. The van der Waals surface area contributed by atoms with Gasteiger partial charge in [0.15, 0.2) is 5.16 Å². The third-order valence-corrected chi connectivity index (χ3v) is 4.62. The molecule has 114 valence electrons. The minimum absolute atomic E-state index is 0.0113. The summed E-state index contributed by atoms with van der Waals surface area (Å²) in [6, 6.07) is 9.89. The van der Waals surface area contributed by atoms with Crippen LogP contribution >= 0.6 is 11.8 Å². The van der Waals surface area contributed by atoms with Crippen molar-refractivity contribution in [1.29, 1.82) is 0 Å². The summed E-state index contributed by atoms with van der Waals surface area (Å²) in [5, 5.41) is 18.6. The Balaban J connectivity index is 1.77. The number of hydrogen-bond acceptors (Lipinski definition) is 5. The van der Waals surface area contributed by atoms with E-state index >= 15 is 0 Å². The third kappa shape index (κ3) is 2.90. The number of aliphatic hydroxyl groups excluding tert-OH is 1. The van der Waals surface area contributed by atoms with Gasteiger partial charge in [0.25, 0.3) is 0 Å². The summed E-state index contributed by atoms with van der Waals surface area (Å²) in [4.78, 5) is 4.33. The number of para-hydroxylation sites is 1. The lowest BCUT2D eigenvalue weighted by molar-refractivity contribution is 0.271. The summed E-state index contributed by atoms with van der Waals surface area (Å²) in [6.45, 7) is 2.06. The lowest BCUT2D eigenvalue weighted by atomic mass is 10.3. The molecule has 3 aromatic rings. The quantitative estimate of drug-likeness (QED) is 0.732. The molecule has 1 atom stereocenters. The Bertz CT molecular complexity index is 752. The predicted octanol–water partition coefficient (Wildman–Crippen LogP) is 2.35. The molecular formula is C15H17N5OS. The Morgan fingerprint density at radius 2 is 2.05 bits per heavy atom. The van der Waals surface area contributed by atoms with Crippen molar-refractivity contribution < 1.29 is 5.11 Å². The highest BCUT2D eigenvalue weighted by Gasteiger charge is 2.16. The highest BCUT2D eigenvalue weighted by molar-refractivity contribution is 7.99. The summed E-state index contributed by atoms with van der Waals surface area (Å²) < 4.78 is 3.66. The van der Waals surface area contributed by atoms with E-state index in [9.17, 15) is 5.11 Å². The lowest BCUT2D eigenvalue weighted by Crippen LogP contribution is -1.99. The van der Waals surface area contributed by atoms with Gasteiger partial charge in [-0.2, -0.15) is 0 Å². The van der Waals surface area contributed by atoms with Crippen molar-refractivity contribution in [3.63, 3.8) is 0 Å². The van der Waals surface area contributed by atoms with E-state index in [4.69, 9.17) is 0 Å². The molecule has 2 heterocycles. The van der Waals surface area contributed by atoms with Gasteiger partial charge in [0.1, 0.15) is 0 Å². The van der Waals surface area contributed by atoms with Crippen molar-refractivity contribution in [3.05, 3.63) is 54.1 Å². The van der Waals surface area contributed by atoms with E-state index in [1.807, 2.05) is 48.1 Å². The molecule has 0 aliphatic carbocycles. The van der Waals surface area contributed by atoms with E-state index in [1.54, 1.807) is 22.6 Å². The zero-order valence-corrected chi connectivity index (χ0v) is 13.2. The van der Waals surface area contributed by atoms with E-state index < -0.39 is 0 Å². The molecule has 0 spiro atoms. The van der Waals surface area contributed by atoms with Crippen LogP contribution in [0.5, 0.6) is 0 Å². The molecule has 3 rings (SSSR count). The minimum Gasteiger partial charge on any atom is -0.390 e. The molecule has 1 N–H and O–H groups in total. The molecule has 6 nitrogen and oxygen atoms in total. The number of nitrogens with zero attached hydrogens (tertiary/aromatic N) is 5. The van der Waals surface area contributed by atoms with Crippen LogP contribution < -0.4 is 0 Å². The van der Waals surface area contributed by atoms with E-state index in [2.05, 4.69) is 22.2 Å². The van der Waals surface area contributed by atoms with Crippen LogP contribution in [0.15, 0.2) is 47.9 Å². The molecule has 0 saturated carbocycles. The molecule has 0 radical (unpaired) electrons. The summed E-state index contributed by atoms with van der Waals surface area (Å²) in [5.74, 6) is 0. The first-order valence-corrected chi connectivity index (χ1v) is 7.82. The van der Waals surface area contributed by atoms with E-state index in [0.717, 1.165) is 22.2 Å². The lowest BCUT2D eigenvalue weighted by Gasteiger charge is -2.08. The highest BCUT2D eigenvalue weighted by atomic mass is 32.2. The number of aliphatic hydroxyl groups is 1. The predicted molar refractivity (Wildman–Crippen MR) is 84.8 cm³/mol. The monoisotopic (exact) mass is 315 g/mol. The first-order chi connectivity index (χ1) is 10.7. The van der Waals surface area contributed by atoms with Crippen molar-refractivity contribution in [3.8, 4) is 5.69 Å². The number of benzene rings is 1. The Morgan fingerprint density at radius 3 is 2.73 bits per heavy atom. The Hall–Kier alpha value is -2.12. The molecule has 0 fully saturated rings. The average molecular weight is 315 g/mol. The Labute approximate surface area is 132 Å². The van der Waals surface area contributed by atoms with Gasteiger partial charge in [0, 0.05) is 7.05 Å². The summed E-state index contributed by atoms with van der Waals surface area (Å²) >= 11 is 1.59. The van der Waals surface area contributed by atoms with E-state index in [1.165, 1.54) is 0 Å². The van der Waals surface area contributed by atoms with Crippen LogP contribution in [0.1, 0.15) is 23.6 Å². The number of thioether (sulfide) groups is 1. The first kappa shape index (κ1) is 14.8. The van der Waals surface area contributed by atoms with Crippen molar-refractivity contribution in [2.75, 3.05) is 0 Å². The first-order valence-electron chi connectivity index (χ1n) is 6.95. The van der Waals surface area contributed by atoms with Gasteiger partial charge in [0.2, 0.25) is 0 Å². The van der Waals surface area contributed by atoms with E-state index in [0.29, 0.717) is 0 Å². The molecule has 0 saturated heterocycles. The van der Waals surface area contributed by atoms with Gasteiger partial charge in [-0.25, -0.2) is 9.67 Å². The Morgan fingerprint density at radius 1 is 1.27 bits per heavy atom. The molecule has 0 bridgehead atoms. The van der Waals surface area contributed by atoms with Crippen LogP contribution in [0.25, 0.3) is 5.69 Å². The van der Waals surface area contributed by atoms with Gasteiger partial charge in [-0.15, -0.1) is 5.10 Å². The van der Waals surface area contributed by atoms with Crippen LogP contribution in [0.3, 0.4) is 0 Å². The maximum Gasteiger partial charge on any atom is 0.168 e. The van der Waals surface area contributed by atoms with Crippen molar-refractivity contribution in [1.82, 2.24) is 24.5 Å². The fraction of sp³-hybridized carbons (Fsp3) is 0.267. The maximum absolute atomic E-state index is 9.22. The van der Waals surface area contributed by atoms with Gasteiger partial charge < -0.3 is 9.67 Å². The second-order valence-electron chi connectivity index (χ2n) is 4.93. The van der Waals surface area contributed by atoms with Gasteiger partial charge >= 0.3 is 0 Å². The topological polar surface area (TPSA) is 68.8 Å². The molecule has 22 heavy (non-hydrogen) atoms. The fourth-order valence-corrected chi connectivity index (χ4v) is 3.00. The van der Waals surface area contributed by atoms with Crippen LogP contribution in [-0.4, -0.2) is 29.7 Å². The van der Waals surface area contributed by atoms with Gasteiger partial charge in [-0.1, -0.05) is 35.2 Å². The largest absolute Gasteiger partial charge is 0.390 e. The minimum atomic E-state index is -0.0113. The Kier molecular flexibility index (Phi) is 4.26. The zero-order chi connectivity index (χ0) is 15.5. The van der Waals surface area contributed by atoms with Crippen molar-refractivity contribution >= 4 is 11.8 Å². The van der Waals surface area contributed by atoms with Crippen LogP contribution in [-0.2, 0) is 13.7 Å². The number of rotatable bonds is 5. The maximum atomic E-state index is 9.22. The summed E-state index contributed by atoms with van der Waals surface area (Å²) in [7, 11) is 1.90. The second-order valence-corrected chi connectivity index (χ2v) is 6.24. The molecule has 0 aliphatic rings.